The Hall–Kier alpha value is -0.650. The lowest BCUT2D eigenvalue weighted by molar-refractivity contribution is 0.260. The van der Waals surface area contributed by atoms with Crippen molar-refractivity contribution in [1.29, 1.82) is 0 Å². The van der Waals surface area contributed by atoms with E-state index >= 15 is 0 Å². The van der Waals surface area contributed by atoms with Gasteiger partial charge in [-0.1, -0.05) is 28.1 Å². The fourth-order valence-electron chi connectivity index (χ4n) is 3.35. The SMILES string of the molecule is NC(=S)c1cc(Br)ccc1N1CCC(N2CCCC2)C1. The first kappa shape index (κ1) is 14.3. The summed E-state index contributed by atoms with van der Waals surface area (Å²) in [5.74, 6) is 0. The molecule has 2 N–H and O–H groups in total. The second-order valence-corrected chi connectivity index (χ2v) is 7.01. The van der Waals surface area contributed by atoms with Gasteiger partial charge in [-0.15, -0.1) is 0 Å². The summed E-state index contributed by atoms with van der Waals surface area (Å²) in [6, 6.07) is 6.92. The molecule has 0 aromatic heterocycles. The number of likely N-dealkylation sites (tertiary alicyclic amines) is 1. The standard InChI is InChI=1S/C15H20BrN3S/c16-11-3-4-14(13(9-11)15(17)20)19-8-5-12(10-19)18-6-1-2-7-18/h3-4,9,12H,1-2,5-8,10H2,(H2,17,20). The van der Waals surface area contributed by atoms with Crippen molar-refractivity contribution in [3.63, 3.8) is 0 Å². The van der Waals surface area contributed by atoms with Crippen molar-refractivity contribution in [3.05, 3.63) is 28.2 Å². The van der Waals surface area contributed by atoms with Crippen molar-refractivity contribution in [2.75, 3.05) is 31.1 Å². The number of thiocarbonyl (C=S) groups is 1. The van der Waals surface area contributed by atoms with Gasteiger partial charge in [0.25, 0.3) is 0 Å². The fourth-order valence-corrected chi connectivity index (χ4v) is 3.87. The molecule has 0 spiro atoms. The van der Waals surface area contributed by atoms with Crippen LogP contribution in [0.2, 0.25) is 0 Å². The molecule has 20 heavy (non-hydrogen) atoms. The quantitative estimate of drug-likeness (QED) is 0.846. The molecule has 1 aromatic carbocycles. The molecule has 1 atom stereocenters. The molecule has 1 aromatic rings. The summed E-state index contributed by atoms with van der Waals surface area (Å²) in [4.78, 5) is 5.55. The highest BCUT2D eigenvalue weighted by atomic mass is 79.9. The van der Waals surface area contributed by atoms with E-state index in [2.05, 4.69) is 37.9 Å². The maximum absolute atomic E-state index is 5.88. The number of nitrogens with two attached hydrogens (primary N) is 1. The summed E-state index contributed by atoms with van der Waals surface area (Å²) < 4.78 is 1.03. The van der Waals surface area contributed by atoms with Gasteiger partial charge in [0.15, 0.2) is 0 Å². The number of halogens is 1. The minimum atomic E-state index is 0.478. The summed E-state index contributed by atoms with van der Waals surface area (Å²) in [6.45, 7) is 4.72. The lowest BCUT2D eigenvalue weighted by Gasteiger charge is -2.25. The number of rotatable bonds is 3. The van der Waals surface area contributed by atoms with E-state index in [-0.39, 0.29) is 0 Å². The smallest absolute Gasteiger partial charge is 0.106 e. The molecule has 0 amide bonds. The molecule has 0 radical (unpaired) electrons. The molecule has 2 heterocycles. The third-order valence-corrected chi connectivity index (χ3v) is 5.10. The lowest BCUT2D eigenvalue weighted by atomic mass is 10.1. The highest BCUT2D eigenvalue weighted by Gasteiger charge is 2.30. The van der Waals surface area contributed by atoms with Crippen LogP contribution in [-0.2, 0) is 0 Å². The minimum Gasteiger partial charge on any atom is -0.389 e. The zero-order valence-corrected chi connectivity index (χ0v) is 13.9. The first-order valence-corrected chi connectivity index (χ1v) is 8.43. The van der Waals surface area contributed by atoms with Crippen molar-refractivity contribution in [1.82, 2.24) is 4.90 Å². The van der Waals surface area contributed by atoms with Gasteiger partial charge in [-0.25, -0.2) is 0 Å². The Morgan fingerprint density at radius 1 is 1.25 bits per heavy atom. The van der Waals surface area contributed by atoms with E-state index < -0.39 is 0 Å². The Morgan fingerprint density at radius 3 is 2.70 bits per heavy atom. The van der Waals surface area contributed by atoms with E-state index in [4.69, 9.17) is 18.0 Å². The zero-order valence-electron chi connectivity index (χ0n) is 11.5. The van der Waals surface area contributed by atoms with E-state index in [1.165, 1.54) is 38.0 Å². The van der Waals surface area contributed by atoms with Crippen LogP contribution < -0.4 is 10.6 Å². The predicted octanol–water partition coefficient (Wildman–Crippen LogP) is 2.76. The zero-order chi connectivity index (χ0) is 14.1. The molecule has 1 unspecified atom stereocenters. The van der Waals surface area contributed by atoms with Gasteiger partial charge in [0.05, 0.1) is 0 Å². The molecule has 0 bridgehead atoms. The summed E-state index contributed by atoms with van der Waals surface area (Å²) in [5.41, 5.74) is 8.05. The molecule has 2 fully saturated rings. The molecule has 0 aliphatic carbocycles. The molecule has 3 nitrogen and oxygen atoms in total. The molecule has 0 saturated carbocycles. The van der Waals surface area contributed by atoms with E-state index in [1.807, 2.05) is 6.07 Å². The first-order chi connectivity index (χ1) is 9.65. The summed E-state index contributed by atoms with van der Waals surface area (Å²) in [5, 5.41) is 0. The molecule has 2 aliphatic heterocycles. The van der Waals surface area contributed by atoms with Crippen LogP contribution in [0.15, 0.2) is 22.7 Å². The van der Waals surface area contributed by atoms with Crippen molar-refractivity contribution < 1.29 is 0 Å². The molecule has 108 valence electrons. The highest BCUT2D eigenvalue weighted by molar-refractivity contribution is 9.10. The second kappa shape index (κ2) is 6.00. The van der Waals surface area contributed by atoms with Crippen LogP contribution >= 0.6 is 28.1 Å². The van der Waals surface area contributed by atoms with Gasteiger partial charge in [0, 0.05) is 34.9 Å². The highest BCUT2D eigenvalue weighted by Crippen LogP contribution is 2.29. The monoisotopic (exact) mass is 353 g/mol. The van der Waals surface area contributed by atoms with E-state index in [0.29, 0.717) is 11.0 Å². The molecular formula is C15H20BrN3S. The largest absolute Gasteiger partial charge is 0.389 e. The topological polar surface area (TPSA) is 32.5 Å². The average molecular weight is 354 g/mol. The Bertz CT molecular complexity index is 514. The lowest BCUT2D eigenvalue weighted by Crippen LogP contribution is -2.35. The molecule has 2 saturated heterocycles. The third kappa shape index (κ3) is 2.85. The number of hydrogen-bond acceptors (Lipinski definition) is 3. The van der Waals surface area contributed by atoms with Crippen molar-refractivity contribution in [3.8, 4) is 0 Å². The molecule has 3 rings (SSSR count). The Balaban J connectivity index is 1.78. The van der Waals surface area contributed by atoms with E-state index in [9.17, 15) is 0 Å². The Labute approximate surface area is 134 Å². The number of anilines is 1. The van der Waals surface area contributed by atoms with Crippen molar-refractivity contribution >= 4 is 38.8 Å². The Morgan fingerprint density at radius 2 is 2.00 bits per heavy atom. The van der Waals surface area contributed by atoms with E-state index in [1.54, 1.807) is 0 Å². The van der Waals surface area contributed by atoms with Crippen LogP contribution in [0.5, 0.6) is 0 Å². The second-order valence-electron chi connectivity index (χ2n) is 5.66. The van der Waals surface area contributed by atoms with Gasteiger partial charge >= 0.3 is 0 Å². The summed E-state index contributed by atoms with van der Waals surface area (Å²) >= 11 is 8.70. The minimum absolute atomic E-state index is 0.478. The summed E-state index contributed by atoms with van der Waals surface area (Å²) in [6.07, 6.45) is 3.95. The number of benzene rings is 1. The third-order valence-electron chi connectivity index (χ3n) is 4.39. The Kier molecular flexibility index (Phi) is 4.29. The van der Waals surface area contributed by atoms with Gasteiger partial charge in [-0.05, 0) is 50.6 Å². The van der Waals surface area contributed by atoms with Gasteiger partial charge in [0.1, 0.15) is 4.99 Å². The normalized spacial score (nSPS) is 23.4. The van der Waals surface area contributed by atoms with Crippen LogP contribution in [0.3, 0.4) is 0 Å². The number of nitrogens with zero attached hydrogens (tertiary/aromatic N) is 2. The van der Waals surface area contributed by atoms with Crippen molar-refractivity contribution in [2.45, 2.75) is 25.3 Å². The average Bonchev–Trinajstić information content (AvgIpc) is 3.09. The number of hydrogen-bond donors (Lipinski definition) is 1. The van der Waals surface area contributed by atoms with E-state index in [0.717, 1.165) is 23.1 Å². The fraction of sp³-hybridized carbons (Fsp3) is 0.533. The molecular weight excluding hydrogens is 334 g/mol. The maximum Gasteiger partial charge on any atom is 0.106 e. The maximum atomic E-state index is 5.88. The van der Waals surface area contributed by atoms with Crippen LogP contribution in [0.4, 0.5) is 5.69 Å². The van der Waals surface area contributed by atoms with Crippen LogP contribution in [-0.4, -0.2) is 42.1 Å². The summed E-state index contributed by atoms with van der Waals surface area (Å²) in [7, 11) is 0. The molecule has 5 heteroatoms. The van der Waals surface area contributed by atoms with Crippen LogP contribution in [0, 0.1) is 0 Å². The van der Waals surface area contributed by atoms with Gasteiger partial charge in [-0.2, -0.15) is 0 Å². The van der Waals surface area contributed by atoms with Gasteiger partial charge in [-0.3, -0.25) is 4.90 Å². The first-order valence-electron chi connectivity index (χ1n) is 7.23. The molecule has 2 aliphatic rings. The van der Waals surface area contributed by atoms with Gasteiger partial charge < -0.3 is 10.6 Å². The van der Waals surface area contributed by atoms with Crippen LogP contribution in [0.25, 0.3) is 0 Å². The predicted molar refractivity (Wildman–Crippen MR) is 91.5 cm³/mol. The van der Waals surface area contributed by atoms with Crippen molar-refractivity contribution in [2.24, 2.45) is 5.73 Å². The van der Waals surface area contributed by atoms with Gasteiger partial charge in [0.2, 0.25) is 0 Å². The van der Waals surface area contributed by atoms with Crippen LogP contribution in [0.1, 0.15) is 24.8 Å².